The van der Waals surface area contributed by atoms with Crippen LogP contribution in [0.5, 0.6) is 0 Å². The molecule has 25 heavy (non-hydrogen) atoms. The van der Waals surface area contributed by atoms with Gasteiger partial charge >= 0.3 is 0 Å². The van der Waals surface area contributed by atoms with E-state index in [0.29, 0.717) is 18.7 Å². The number of fused-ring (bicyclic) bond motifs is 2. The Morgan fingerprint density at radius 3 is 2.64 bits per heavy atom. The Kier molecular flexibility index (Phi) is 4.33. The van der Waals surface area contributed by atoms with E-state index in [0.717, 1.165) is 31.9 Å². The van der Waals surface area contributed by atoms with Gasteiger partial charge in [-0.3, -0.25) is 4.79 Å². The molecule has 0 radical (unpaired) electrons. The summed E-state index contributed by atoms with van der Waals surface area (Å²) < 4.78 is 32.7. The molecule has 3 nitrogen and oxygen atoms in total. The van der Waals surface area contributed by atoms with E-state index in [1.807, 2.05) is 0 Å². The zero-order valence-corrected chi connectivity index (χ0v) is 14.6. The third kappa shape index (κ3) is 3.20. The number of ether oxygens (including phenoxy) is 1. The van der Waals surface area contributed by atoms with E-state index in [1.54, 1.807) is 16.2 Å². The van der Waals surface area contributed by atoms with Crippen molar-refractivity contribution in [2.24, 2.45) is 0 Å². The minimum absolute atomic E-state index is 0.0201. The van der Waals surface area contributed by atoms with Crippen molar-refractivity contribution >= 4 is 17.2 Å². The van der Waals surface area contributed by atoms with Gasteiger partial charge in [0.15, 0.2) is 0 Å². The van der Waals surface area contributed by atoms with E-state index >= 15 is 0 Å². The lowest BCUT2D eigenvalue weighted by molar-refractivity contribution is -0.139. The summed E-state index contributed by atoms with van der Waals surface area (Å²) >= 11 is 1.77. The minimum Gasteiger partial charge on any atom is -0.370 e. The molecule has 2 aliphatic heterocycles. The molecular weight excluding hydrogens is 344 g/mol. The monoisotopic (exact) mass is 363 g/mol. The van der Waals surface area contributed by atoms with Crippen LogP contribution in [0.3, 0.4) is 0 Å². The topological polar surface area (TPSA) is 29.5 Å². The molecule has 1 spiro atoms. The summed E-state index contributed by atoms with van der Waals surface area (Å²) in [5.74, 6) is -1.40. The second kappa shape index (κ2) is 6.50. The Hall–Kier alpha value is -1.79. The van der Waals surface area contributed by atoms with Crippen LogP contribution in [-0.2, 0) is 28.0 Å². The van der Waals surface area contributed by atoms with Gasteiger partial charge in [-0.15, -0.1) is 11.3 Å². The van der Waals surface area contributed by atoms with E-state index in [2.05, 4.69) is 11.4 Å². The fraction of sp³-hybridized carbons (Fsp3) is 0.421. The molecule has 6 heteroatoms. The molecule has 1 aromatic heterocycles. The molecule has 0 atom stereocenters. The smallest absolute Gasteiger partial charge is 0.226 e. The van der Waals surface area contributed by atoms with Gasteiger partial charge in [-0.1, -0.05) is 0 Å². The minimum atomic E-state index is -0.652. The highest BCUT2D eigenvalue weighted by Crippen LogP contribution is 2.43. The van der Waals surface area contributed by atoms with Crippen LogP contribution in [0, 0.1) is 11.6 Å². The van der Waals surface area contributed by atoms with Crippen LogP contribution >= 0.6 is 11.3 Å². The van der Waals surface area contributed by atoms with E-state index in [4.69, 9.17) is 4.74 Å². The second-order valence-electron chi connectivity index (χ2n) is 6.69. The summed E-state index contributed by atoms with van der Waals surface area (Å²) in [5, 5.41) is 2.11. The molecular formula is C19H19F2NO2S. The highest BCUT2D eigenvalue weighted by atomic mass is 32.1. The lowest BCUT2D eigenvalue weighted by Crippen LogP contribution is -2.48. The van der Waals surface area contributed by atoms with Gasteiger partial charge in [-0.05, 0) is 47.5 Å². The highest BCUT2D eigenvalue weighted by molar-refractivity contribution is 7.10. The standard InChI is InChI=1S/C19H19F2NO2S/c20-14-9-13(10-15(21)12-14)11-18(23)22-5-3-19(4-6-22)16-2-8-25-17(16)1-7-24-19/h2,8-10,12H,1,3-7,11H2. The Balaban J connectivity index is 1.43. The van der Waals surface area contributed by atoms with Gasteiger partial charge in [-0.25, -0.2) is 8.78 Å². The van der Waals surface area contributed by atoms with Crippen molar-refractivity contribution in [2.75, 3.05) is 19.7 Å². The Morgan fingerprint density at radius 2 is 1.92 bits per heavy atom. The maximum Gasteiger partial charge on any atom is 0.226 e. The van der Waals surface area contributed by atoms with Gasteiger partial charge in [0.2, 0.25) is 5.91 Å². The first-order chi connectivity index (χ1) is 12.1. The molecule has 1 fully saturated rings. The SMILES string of the molecule is O=C(Cc1cc(F)cc(F)c1)N1CCC2(CC1)OCCc1sccc12. The lowest BCUT2D eigenvalue weighted by Gasteiger charge is -2.44. The molecule has 132 valence electrons. The van der Waals surface area contributed by atoms with E-state index in [1.165, 1.54) is 22.6 Å². The fourth-order valence-electron chi connectivity index (χ4n) is 3.89. The van der Waals surface area contributed by atoms with Gasteiger partial charge in [-0.2, -0.15) is 0 Å². The summed E-state index contributed by atoms with van der Waals surface area (Å²) in [7, 11) is 0. The number of piperidine rings is 1. The number of thiophene rings is 1. The Bertz CT molecular complexity index is 776. The third-order valence-electron chi connectivity index (χ3n) is 5.15. The summed E-state index contributed by atoms with van der Waals surface area (Å²) in [6.07, 6.45) is 2.51. The molecule has 0 saturated carbocycles. The second-order valence-corrected chi connectivity index (χ2v) is 7.69. The van der Waals surface area contributed by atoms with Crippen LogP contribution in [0.1, 0.15) is 28.8 Å². The maximum atomic E-state index is 13.3. The van der Waals surface area contributed by atoms with E-state index in [9.17, 15) is 13.6 Å². The summed E-state index contributed by atoms with van der Waals surface area (Å²) in [6.45, 7) is 1.93. The number of likely N-dealkylation sites (tertiary alicyclic amines) is 1. The number of halogens is 2. The van der Waals surface area contributed by atoms with Crippen LogP contribution in [0.15, 0.2) is 29.6 Å². The first-order valence-corrected chi connectivity index (χ1v) is 9.37. The summed E-state index contributed by atoms with van der Waals surface area (Å²) in [6, 6.07) is 5.40. The molecule has 2 aliphatic rings. The average Bonchev–Trinajstić information content (AvgIpc) is 3.05. The molecule has 3 heterocycles. The van der Waals surface area contributed by atoms with Crippen LogP contribution < -0.4 is 0 Å². The van der Waals surface area contributed by atoms with E-state index in [-0.39, 0.29) is 17.9 Å². The first-order valence-electron chi connectivity index (χ1n) is 8.49. The van der Waals surface area contributed by atoms with Crippen LogP contribution in [0.25, 0.3) is 0 Å². The van der Waals surface area contributed by atoms with Crippen molar-refractivity contribution in [3.63, 3.8) is 0 Å². The highest BCUT2D eigenvalue weighted by Gasteiger charge is 2.42. The molecule has 0 aliphatic carbocycles. The predicted molar refractivity (Wildman–Crippen MR) is 91.5 cm³/mol. The normalized spacial score (nSPS) is 19.0. The van der Waals surface area contributed by atoms with Crippen LogP contribution in [-0.4, -0.2) is 30.5 Å². The van der Waals surface area contributed by atoms with Crippen molar-refractivity contribution in [3.8, 4) is 0 Å². The largest absolute Gasteiger partial charge is 0.370 e. The predicted octanol–water partition coefficient (Wildman–Crippen LogP) is 3.66. The molecule has 1 amide bonds. The molecule has 0 unspecified atom stereocenters. The number of carbonyl (C=O) groups is 1. The molecule has 1 aromatic carbocycles. The molecule has 0 bridgehead atoms. The van der Waals surface area contributed by atoms with Gasteiger partial charge in [0.25, 0.3) is 0 Å². The lowest BCUT2D eigenvalue weighted by atomic mass is 9.82. The first kappa shape index (κ1) is 16.7. The summed E-state index contributed by atoms with van der Waals surface area (Å²) in [4.78, 5) is 15.7. The van der Waals surface area contributed by atoms with Gasteiger partial charge in [0, 0.05) is 30.5 Å². The molecule has 1 saturated heterocycles. The Morgan fingerprint density at radius 1 is 1.20 bits per heavy atom. The van der Waals surface area contributed by atoms with Crippen LogP contribution in [0.4, 0.5) is 8.78 Å². The zero-order valence-electron chi connectivity index (χ0n) is 13.8. The maximum absolute atomic E-state index is 13.3. The quantitative estimate of drug-likeness (QED) is 0.815. The molecule has 4 rings (SSSR count). The average molecular weight is 363 g/mol. The molecule has 0 N–H and O–H groups in total. The summed E-state index contributed by atoms with van der Waals surface area (Å²) in [5.41, 5.74) is 1.38. The third-order valence-corrected chi connectivity index (χ3v) is 6.13. The zero-order chi connectivity index (χ0) is 17.4. The van der Waals surface area contributed by atoms with Gasteiger partial charge in [0.1, 0.15) is 11.6 Å². The number of nitrogens with zero attached hydrogens (tertiary/aromatic N) is 1. The van der Waals surface area contributed by atoms with Crippen LogP contribution in [0.2, 0.25) is 0 Å². The van der Waals surface area contributed by atoms with E-state index < -0.39 is 11.6 Å². The van der Waals surface area contributed by atoms with Crippen molar-refractivity contribution in [1.29, 1.82) is 0 Å². The number of benzene rings is 1. The van der Waals surface area contributed by atoms with Crippen molar-refractivity contribution in [2.45, 2.75) is 31.3 Å². The van der Waals surface area contributed by atoms with Crippen molar-refractivity contribution in [3.05, 3.63) is 57.3 Å². The van der Waals surface area contributed by atoms with Gasteiger partial charge < -0.3 is 9.64 Å². The van der Waals surface area contributed by atoms with Crippen molar-refractivity contribution in [1.82, 2.24) is 4.90 Å². The number of rotatable bonds is 2. The number of hydrogen-bond donors (Lipinski definition) is 0. The Labute approximate surface area is 149 Å². The fourth-order valence-corrected chi connectivity index (χ4v) is 4.84. The molecule has 2 aromatic rings. The number of hydrogen-bond acceptors (Lipinski definition) is 3. The number of carbonyl (C=O) groups excluding carboxylic acids is 1. The number of amides is 1. The van der Waals surface area contributed by atoms with Crippen molar-refractivity contribution < 1.29 is 18.3 Å². The van der Waals surface area contributed by atoms with Gasteiger partial charge in [0.05, 0.1) is 18.6 Å².